The number of rotatable bonds is 5. The van der Waals surface area contributed by atoms with Gasteiger partial charge in [-0.3, -0.25) is 9.59 Å². The summed E-state index contributed by atoms with van der Waals surface area (Å²) >= 11 is 0. The Morgan fingerprint density at radius 1 is 0.947 bits per heavy atom. The van der Waals surface area contributed by atoms with E-state index in [9.17, 15) is 14.4 Å². The van der Waals surface area contributed by atoms with Crippen molar-refractivity contribution in [2.75, 3.05) is 6.61 Å². The molecule has 0 aromatic rings. The third kappa shape index (κ3) is 11.2. The Bertz CT molecular complexity index is 267. The van der Waals surface area contributed by atoms with Crippen molar-refractivity contribution < 1.29 is 29.0 Å². The Balaban J connectivity index is 0. The van der Waals surface area contributed by atoms with Gasteiger partial charge in [0.15, 0.2) is 0 Å². The van der Waals surface area contributed by atoms with Crippen LogP contribution in [0.2, 0.25) is 0 Å². The molecule has 0 radical (unpaired) electrons. The maximum absolute atomic E-state index is 11.2. The molecule has 2 atom stereocenters. The van der Waals surface area contributed by atoms with Crippen LogP contribution in [-0.4, -0.2) is 29.8 Å². The number of esters is 2. The maximum Gasteiger partial charge on any atom is 0.505 e. The number of hydrogen-bond acceptors (Lipinski definition) is 5. The highest BCUT2D eigenvalue weighted by atomic mass is 16.7. The van der Waals surface area contributed by atoms with Crippen LogP contribution in [0.3, 0.4) is 0 Å². The van der Waals surface area contributed by atoms with E-state index in [-0.39, 0.29) is 18.4 Å². The Hall–Kier alpha value is -1.59. The summed E-state index contributed by atoms with van der Waals surface area (Å²) in [5.74, 6) is -1.19. The molecule has 0 fully saturated rings. The van der Waals surface area contributed by atoms with Crippen LogP contribution in [0.4, 0.5) is 4.79 Å². The summed E-state index contributed by atoms with van der Waals surface area (Å²) in [6.45, 7) is 9.14. The monoisotopic (exact) mass is 276 g/mol. The molecule has 6 heteroatoms. The van der Waals surface area contributed by atoms with Gasteiger partial charge in [0.1, 0.15) is 0 Å². The largest absolute Gasteiger partial charge is 0.505 e. The van der Waals surface area contributed by atoms with E-state index in [1.165, 1.54) is 0 Å². The Labute approximate surface area is 114 Å². The van der Waals surface area contributed by atoms with Gasteiger partial charge in [0, 0.05) is 0 Å². The van der Waals surface area contributed by atoms with Crippen LogP contribution < -0.4 is 0 Å². The van der Waals surface area contributed by atoms with E-state index in [2.05, 4.69) is 9.47 Å². The SMILES string of the molecule is CCC(C)C(=O)OC(=O)C(C)CC.CCOC(=O)O. The molecule has 0 aliphatic carbocycles. The molecule has 112 valence electrons. The average Bonchev–Trinajstić information content (AvgIpc) is 2.36. The second-order valence-electron chi connectivity index (χ2n) is 4.06. The van der Waals surface area contributed by atoms with Gasteiger partial charge in [0.2, 0.25) is 0 Å². The molecule has 0 aromatic carbocycles. The van der Waals surface area contributed by atoms with Gasteiger partial charge in [-0.05, 0) is 19.8 Å². The summed E-state index contributed by atoms with van der Waals surface area (Å²) < 4.78 is 8.64. The third-order valence-electron chi connectivity index (χ3n) is 2.50. The summed E-state index contributed by atoms with van der Waals surface area (Å²) in [7, 11) is 0. The summed E-state index contributed by atoms with van der Waals surface area (Å²) in [6.07, 6.45) is 0.191. The second kappa shape index (κ2) is 11.5. The lowest BCUT2D eigenvalue weighted by atomic mass is 10.1. The quantitative estimate of drug-likeness (QED) is 0.613. The second-order valence-corrected chi connectivity index (χ2v) is 4.06. The Kier molecular flexibility index (Phi) is 11.9. The van der Waals surface area contributed by atoms with Gasteiger partial charge < -0.3 is 14.6 Å². The molecule has 0 spiro atoms. The highest BCUT2D eigenvalue weighted by Crippen LogP contribution is 2.08. The van der Waals surface area contributed by atoms with Crippen LogP contribution in [0.5, 0.6) is 0 Å². The first-order chi connectivity index (χ1) is 8.79. The van der Waals surface area contributed by atoms with Crippen LogP contribution in [0.1, 0.15) is 47.5 Å². The third-order valence-corrected chi connectivity index (χ3v) is 2.50. The van der Waals surface area contributed by atoms with Crippen molar-refractivity contribution in [1.29, 1.82) is 0 Å². The molecule has 19 heavy (non-hydrogen) atoms. The predicted molar refractivity (Wildman–Crippen MR) is 69.7 cm³/mol. The smallest absolute Gasteiger partial charge is 0.450 e. The van der Waals surface area contributed by atoms with Gasteiger partial charge >= 0.3 is 18.1 Å². The zero-order chi connectivity index (χ0) is 15.4. The van der Waals surface area contributed by atoms with E-state index >= 15 is 0 Å². The molecule has 0 aliphatic rings. The lowest BCUT2D eigenvalue weighted by Crippen LogP contribution is -2.22. The standard InChI is InChI=1S/C10H18O3.C3H6O3/c1-5-7(3)9(11)13-10(12)8(4)6-2;1-2-6-3(4)5/h7-8H,5-6H2,1-4H3;2H2,1H3,(H,4,5). The maximum atomic E-state index is 11.2. The molecule has 0 saturated heterocycles. The molecule has 2 unspecified atom stereocenters. The van der Waals surface area contributed by atoms with Crippen molar-refractivity contribution in [2.45, 2.75) is 47.5 Å². The van der Waals surface area contributed by atoms with Crippen LogP contribution in [0.25, 0.3) is 0 Å². The van der Waals surface area contributed by atoms with E-state index in [0.29, 0.717) is 12.8 Å². The molecule has 0 bridgehead atoms. The molecule has 6 nitrogen and oxygen atoms in total. The predicted octanol–water partition coefficient (Wildman–Crippen LogP) is 2.85. The molecule has 0 rings (SSSR count). The van der Waals surface area contributed by atoms with Crippen molar-refractivity contribution in [3.8, 4) is 0 Å². The fraction of sp³-hybridized carbons (Fsp3) is 0.769. The molecule has 0 amide bonds. The van der Waals surface area contributed by atoms with Gasteiger partial charge in [-0.25, -0.2) is 4.79 Å². The molecular weight excluding hydrogens is 252 g/mol. The first-order valence-electron chi connectivity index (χ1n) is 6.41. The molecular formula is C13H24O6. The van der Waals surface area contributed by atoms with E-state index in [4.69, 9.17) is 5.11 Å². The van der Waals surface area contributed by atoms with Crippen molar-refractivity contribution in [2.24, 2.45) is 11.8 Å². The normalized spacial score (nSPS) is 12.5. The van der Waals surface area contributed by atoms with Crippen molar-refractivity contribution in [3.63, 3.8) is 0 Å². The van der Waals surface area contributed by atoms with Gasteiger partial charge in [-0.2, -0.15) is 0 Å². The molecule has 0 saturated carbocycles. The molecule has 0 aliphatic heterocycles. The average molecular weight is 276 g/mol. The molecule has 1 N–H and O–H groups in total. The fourth-order valence-electron chi connectivity index (χ4n) is 0.757. The minimum atomic E-state index is -1.21. The summed E-state index contributed by atoms with van der Waals surface area (Å²) in [5.41, 5.74) is 0. The summed E-state index contributed by atoms with van der Waals surface area (Å²) in [5, 5.41) is 7.69. The van der Waals surface area contributed by atoms with Gasteiger partial charge in [0.05, 0.1) is 18.4 Å². The lowest BCUT2D eigenvalue weighted by Gasteiger charge is -2.10. The summed E-state index contributed by atoms with van der Waals surface area (Å²) in [6, 6.07) is 0. The van der Waals surface area contributed by atoms with E-state index in [1.807, 2.05) is 13.8 Å². The van der Waals surface area contributed by atoms with Crippen LogP contribution in [0, 0.1) is 11.8 Å². The Morgan fingerprint density at radius 3 is 1.47 bits per heavy atom. The number of carbonyl (C=O) groups is 3. The number of hydrogen-bond donors (Lipinski definition) is 1. The minimum absolute atomic E-state index is 0.187. The molecule has 0 aromatic heterocycles. The summed E-state index contributed by atoms with van der Waals surface area (Å²) in [4.78, 5) is 31.7. The van der Waals surface area contributed by atoms with Crippen molar-refractivity contribution in [1.82, 2.24) is 0 Å². The van der Waals surface area contributed by atoms with E-state index in [1.54, 1.807) is 20.8 Å². The van der Waals surface area contributed by atoms with E-state index in [0.717, 1.165) is 0 Å². The highest BCUT2D eigenvalue weighted by molar-refractivity contribution is 5.87. The first-order valence-corrected chi connectivity index (χ1v) is 6.41. The van der Waals surface area contributed by atoms with Gasteiger partial charge in [0.25, 0.3) is 0 Å². The van der Waals surface area contributed by atoms with Crippen molar-refractivity contribution >= 4 is 18.1 Å². The number of carbonyl (C=O) groups excluding carboxylic acids is 2. The van der Waals surface area contributed by atoms with E-state index < -0.39 is 18.1 Å². The van der Waals surface area contributed by atoms with Gasteiger partial charge in [-0.15, -0.1) is 0 Å². The van der Waals surface area contributed by atoms with Crippen molar-refractivity contribution in [3.05, 3.63) is 0 Å². The number of carboxylic acid groups (broad SMARTS) is 1. The first kappa shape index (κ1) is 19.7. The van der Waals surface area contributed by atoms with Gasteiger partial charge in [-0.1, -0.05) is 27.7 Å². The lowest BCUT2D eigenvalue weighted by molar-refractivity contribution is -0.164. The highest BCUT2D eigenvalue weighted by Gasteiger charge is 2.19. The zero-order valence-corrected chi connectivity index (χ0v) is 12.3. The van der Waals surface area contributed by atoms with Crippen LogP contribution in [0.15, 0.2) is 0 Å². The van der Waals surface area contributed by atoms with Crippen LogP contribution >= 0.6 is 0 Å². The molecule has 0 heterocycles. The Morgan fingerprint density at radius 2 is 1.32 bits per heavy atom. The zero-order valence-electron chi connectivity index (χ0n) is 12.3. The number of ether oxygens (including phenoxy) is 2. The minimum Gasteiger partial charge on any atom is -0.450 e. The van der Waals surface area contributed by atoms with Crippen LogP contribution in [-0.2, 0) is 19.1 Å². The topological polar surface area (TPSA) is 89.9 Å². The fourth-order valence-corrected chi connectivity index (χ4v) is 0.757.